The number of hydrogen-bond acceptors (Lipinski definition) is 4. The highest BCUT2D eigenvalue weighted by molar-refractivity contribution is 6.28. The molecule has 0 amide bonds. The van der Waals surface area contributed by atoms with Crippen LogP contribution in [0.25, 0.3) is 11.0 Å². The maximum Gasteiger partial charge on any atom is 0.226 e. The van der Waals surface area contributed by atoms with Gasteiger partial charge in [-0.15, -0.1) is 0 Å². The fraction of sp³-hybridized carbons (Fsp3) is 0.154. The fourth-order valence-corrected chi connectivity index (χ4v) is 2.13. The third-order valence-corrected chi connectivity index (χ3v) is 3.10. The minimum Gasteiger partial charge on any atom is -0.369 e. The van der Waals surface area contributed by atoms with Crippen LogP contribution >= 0.6 is 11.6 Å². The maximum atomic E-state index is 13.5. The van der Waals surface area contributed by atoms with Gasteiger partial charge in [-0.3, -0.25) is 5.10 Å². The van der Waals surface area contributed by atoms with Crippen molar-refractivity contribution in [2.24, 2.45) is 0 Å². The molecule has 0 radical (unpaired) electrons. The van der Waals surface area contributed by atoms with Gasteiger partial charge in [-0.05, 0) is 29.7 Å². The Hall–Kier alpha value is -2.21. The van der Waals surface area contributed by atoms with E-state index in [0.717, 1.165) is 5.39 Å². The third-order valence-electron chi connectivity index (χ3n) is 2.93. The van der Waals surface area contributed by atoms with Gasteiger partial charge in [0.05, 0.1) is 11.6 Å². The van der Waals surface area contributed by atoms with Crippen LogP contribution < -0.4 is 5.32 Å². The Morgan fingerprint density at radius 1 is 1.25 bits per heavy atom. The van der Waals surface area contributed by atoms with Crippen LogP contribution in [-0.4, -0.2) is 26.7 Å². The van der Waals surface area contributed by atoms with Gasteiger partial charge in [-0.2, -0.15) is 15.1 Å². The number of aromatic amines is 1. The molecule has 0 aliphatic heterocycles. The molecule has 20 heavy (non-hydrogen) atoms. The quantitative estimate of drug-likeness (QED) is 0.725. The van der Waals surface area contributed by atoms with Crippen molar-refractivity contribution in [3.63, 3.8) is 0 Å². The summed E-state index contributed by atoms with van der Waals surface area (Å²) in [4.78, 5) is 8.13. The number of hydrogen-bond donors (Lipinski definition) is 2. The van der Waals surface area contributed by atoms with E-state index >= 15 is 0 Å². The minimum atomic E-state index is -0.205. The summed E-state index contributed by atoms with van der Waals surface area (Å²) in [5.74, 6) is 0.383. The summed E-state index contributed by atoms with van der Waals surface area (Å²) in [7, 11) is 0. The molecule has 1 aromatic carbocycles. The standard InChI is InChI=1S/C13H11ClFN5/c14-13-18-11(9-7-17-20-12(9)19-13)16-6-5-8-3-1-2-4-10(8)15/h1-4,7H,5-6H2,(H2,16,17,18,19,20). The first-order valence-corrected chi connectivity index (χ1v) is 6.46. The normalized spacial score (nSPS) is 10.9. The van der Waals surface area contributed by atoms with Crippen LogP contribution in [0, 0.1) is 5.82 Å². The van der Waals surface area contributed by atoms with Gasteiger partial charge in [0.15, 0.2) is 5.65 Å². The summed E-state index contributed by atoms with van der Waals surface area (Å²) >= 11 is 5.83. The molecule has 0 saturated heterocycles. The minimum absolute atomic E-state index is 0.134. The second-order valence-electron chi connectivity index (χ2n) is 4.24. The molecule has 0 saturated carbocycles. The Morgan fingerprint density at radius 3 is 2.95 bits per heavy atom. The second-order valence-corrected chi connectivity index (χ2v) is 4.58. The van der Waals surface area contributed by atoms with Crippen LogP contribution in [0.1, 0.15) is 5.56 Å². The monoisotopic (exact) mass is 291 g/mol. The average Bonchev–Trinajstić information content (AvgIpc) is 2.89. The van der Waals surface area contributed by atoms with Crippen LogP contribution in [0.2, 0.25) is 5.28 Å². The first-order chi connectivity index (χ1) is 9.74. The zero-order valence-corrected chi connectivity index (χ0v) is 11.2. The van der Waals surface area contributed by atoms with Gasteiger partial charge in [0.25, 0.3) is 0 Å². The van der Waals surface area contributed by atoms with Gasteiger partial charge in [0, 0.05) is 6.54 Å². The van der Waals surface area contributed by atoms with E-state index in [-0.39, 0.29) is 11.1 Å². The number of nitrogens with one attached hydrogen (secondary N) is 2. The summed E-state index contributed by atoms with van der Waals surface area (Å²) in [5.41, 5.74) is 1.22. The third kappa shape index (κ3) is 2.55. The summed E-state index contributed by atoms with van der Waals surface area (Å²) < 4.78 is 13.5. The van der Waals surface area contributed by atoms with Crippen molar-refractivity contribution < 1.29 is 4.39 Å². The molecular formula is C13H11ClFN5. The van der Waals surface area contributed by atoms with Crippen molar-refractivity contribution >= 4 is 28.5 Å². The van der Waals surface area contributed by atoms with Crippen LogP contribution in [0.3, 0.4) is 0 Å². The highest BCUT2D eigenvalue weighted by Gasteiger charge is 2.08. The van der Waals surface area contributed by atoms with E-state index in [1.165, 1.54) is 6.07 Å². The zero-order chi connectivity index (χ0) is 13.9. The molecule has 5 nitrogen and oxygen atoms in total. The highest BCUT2D eigenvalue weighted by Crippen LogP contribution is 2.19. The van der Waals surface area contributed by atoms with E-state index in [2.05, 4.69) is 25.5 Å². The molecule has 0 aliphatic rings. The highest BCUT2D eigenvalue weighted by atomic mass is 35.5. The van der Waals surface area contributed by atoms with Crippen LogP contribution in [0.15, 0.2) is 30.5 Å². The van der Waals surface area contributed by atoms with Gasteiger partial charge in [-0.25, -0.2) is 4.39 Å². The SMILES string of the molecule is Fc1ccccc1CCNc1nc(Cl)nc2[nH]ncc12. The summed E-state index contributed by atoms with van der Waals surface area (Å²) in [6, 6.07) is 6.70. The number of rotatable bonds is 4. The molecule has 2 aromatic heterocycles. The van der Waals surface area contributed by atoms with Crippen molar-refractivity contribution in [3.8, 4) is 0 Å². The van der Waals surface area contributed by atoms with Gasteiger partial charge >= 0.3 is 0 Å². The van der Waals surface area contributed by atoms with Gasteiger partial charge in [0.2, 0.25) is 5.28 Å². The number of halogens is 2. The molecule has 0 bridgehead atoms. The number of anilines is 1. The van der Waals surface area contributed by atoms with Crippen molar-refractivity contribution in [1.82, 2.24) is 20.2 Å². The molecule has 3 rings (SSSR count). The summed E-state index contributed by atoms with van der Waals surface area (Å²) in [6.07, 6.45) is 2.17. The molecule has 0 atom stereocenters. The van der Waals surface area contributed by atoms with E-state index in [1.54, 1.807) is 18.3 Å². The zero-order valence-electron chi connectivity index (χ0n) is 10.4. The number of H-pyrrole nitrogens is 1. The Balaban J connectivity index is 1.74. The van der Waals surface area contributed by atoms with Crippen molar-refractivity contribution in [3.05, 3.63) is 47.1 Å². The van der Waals surface area contributed by atoms with E-state index in [0.29, 0.717) is 30.0 Å². The number of benzene rings is 1. The molecule has 0 spiro atoms. The van der Waals surface area contributed by atoms with Gasteiger partial charge in [-0.1, -0.05) is 18.2 Å². The number of aromatic nitrogens is 4. The molecule has 2 N–H and O–H groups in total. The molecule has 0 unspecified atom stereocenters. The number of nitrogens with zero attached hydrogens (tertiary/aromatic N) is 3. The average molecular weight is 292 g/mol. The Labute approximate surface area is 119 Å². The first-order valence-electron chi connectivity index (χ1n) is 6.08. The van der Waals surface area contributed by atoms with Gasteiger partial charge in [0.1, 0.15) is 11.6 Å². The molecule has 0 fully saturated rings. The Morgan fingerprint density at radius 2 is 2.10 bits per heavy atom. The Bertz CT molecular complexity index is 742. The van der Waals surface area contributed by atoms with E-state index in [4.69, 9.17) is 11.6 Å². The predicted molar refractivity (Wildman–Crippen MR) is 75.3 cm³/mol. The molecular weight excluding hydrogens is 281 g/mol. The maximum absolute atomic E-state index is 13.5. The van der Waals surface area contributed by atoms with Gasteiger partial charge < -0.3 is 5.32 Å². The Kier molecular flexibility index (Phi) is 3.47. The van der Waals surface area contributed by atoms with Crippen molar-refractivity contribution in [2.45, 2.75) is 6.42 Å². The smallest absolute Gasteiger partial charge is 0.226 e. The van der Waals surface area contributed by atoms with Crippen LogP contribution in [0.4, 0.5) is 10.2 Å². The van der Waals surface area contributed by atoms with E-state index < -0.39 is 0 Å². The lowest BCUT2D eigenvalue weighted by Crippen LogP contribution is -2.08. The molecule has 7 heteroatoms. The summed E-state index contributed by atoms with van der Waals surface area (Å²) in [5, 5.41) is 10.6. The largest absolute Gasteiger partial charge is 0.369 e. The lowest BCUT2D eigenvalue weighted by molar-refractivity contribution is 0.610. The lowest BCUT2D eigenvalue weighted by atomic mass is 10.1. The van der Waals surface area contributed by atoms with E-state index in [9.17, 15) is 4.39 Å². The molecule has 3 aromatic rings. The predicted octanol–water partition coefficient (Wildman–Crippen LogP) is 2.80. The van der Waals surface area contributed by atoms with Crippen molar-refractivity contribution in [1.29, 1.82) is 0 Å². The summed E-state index contributed by atoms with van der Waals surface area (Å²) in [6.45, 7) is 0.536. The second kappa shape index (κ2) is 5.42. The van der Waals surface area contributed by atoms with Crippen molar-refractivity contribution in [2.75, 3.05) is 11.9 Å². The number of fused-ring (bicyclic) bond motifs is 1. The molecule has 102 valence electrons. The van der Waals surface area contributed by atoms with Crippen LogP contribution in [-0.2, 0) is 6.42 Å². The fourth-order valence-electron chi connectivity index (χ4n) is 1.96. The topological polar surface area (TPSA) is 66.5 Å². The molecule has 0 aliphatic carbocycles. The van der Waals surface area contributed by atoms with E-state index in [1.807, 2.05) is 6.07 Å². The van der Waals surface area contributed by atoms with Crippen LogP contribution in [0.5, 0.6) is 0 Å². The molecule has 2 heterocycles. The first kappa shape index (κ1) is 12.8. The lowest BCUT2D eigenvalue weighted by Gasteiger charge is -2.07.